The van der Waals surface area contributed by atoms with E-state index in [-0.39, 0.29) is 25.9 Å². The Bertz CT molecular complexity index is 1540. The van der Waals surface area contributed by atoms with Crippen LogP contribution in [0.5, 0.6) is 0 Å². The largest absolute Gasteiger partial charge is 0.472 e. The Morgan fingerprint density at radius 3 is 1.14 bits per heavy atom. The van der Waals surface area contributed by atoms with Gasteiger partial charge in [0.15, 0.2) is 6.10 Å². The lowest BCUT2D eigenvalue weighted by Gasteiger charge is -2.21. The molecule has 70 heavy (non-hydrogen) atoms. The lowest BCUT2D eigenvalue weighted by atomic mass is 10.0. The highest BCUT2D eigenvalue weighted by molar-refractivity contribution is 7.47. The Hall–Kier alpha value is -3.60. The summed E-state index contributed by atoms with van der Waals surface area (Å²) in [6.07, 6.45) is 59.5. The number of hydrogen-bond acceptors (Lipinski definition) is 10. The summed E-state index contributed by atoms with van der Waals surface area (Å²) in [6.45, 7) is 4.30. The molecule has 2 N–H and O–H groups in total. The minimum absolute atomic E-state index is 0.103. The molecule has 0 aliphatic carbocycles. The maximum atomic E-state index is 12.9. The molecule has 0 saturated carbocycles. The second-order valence-corrected chi connectivity index (χ2v) is 19.1. The van der Waals surface area contributed by atoms with Crippen molar-refractivity contribution in [3.8, 4) is 0 Å². The Labute approximate surface area is 425 Å². The third-order valence-electron chi connectivity index (χ3n) is 11.0. The molecule has 0 saturated heterocycles. The number of aliphatic hydroxyl groups is 1. The van der Waals surface area contributed by atoms with Gasteiger partial charge in [-0.25, -0.2) is 4.57 Å². The summed E-state index contributed by atoms with van der Waals surface area (Å²) in [5.41, 5.74) is 0. The molecular weight excluding hydrogens is 904 g/mol. The third-order valence-corrected chi connectivity index (χ3v) is 12.0. The van der Waals surface area contributed by atoms with Gasteiger partial charge < -0.3 is 24.2 Å². The van der Waals surface area contributed by atoms with Crippen LogP contribution in [0.3, 0.4) is 0 Å². The molecule has 0 rings (SSSR count). The normalized spacial score (nSPS) is 14.2. The van der Waals surface area contributed by atoms with Gasteiger partial charge in [-0.2, -0.15) is 0 Å². The molecular formula is C58H97O11P. The molecule has 0 aliphatic rings. The number of aliphatic hydroxyl groups excluding tert-OH is 1. The fourth-order valence-electron chi connectivity index (χ4n) is 6.93. The van der Waals surface area contributed by atoms with Crippen molar-refractivity contribution in [1.82, 2.24) is 0 Å². The molecule has 0 radical (unpaired) electrons. The molecule has 0 heterocycles. The molecule has 0 aromatic heterocycles. The summed E-state index contributed by atoms with van der Waals surface area (Å²) in [5.74, 6) is -1.57. The van der Waals surface area contributed by atoms with Crippen molar-refractivity contribution in [3.05, 3.63) is 97.2 Å². The zero-order chi connectivity index (χ0) is 51.3. The Balaban J connectivity index is 4.86. The van der Waals surface area contributed by atoms with Crippen molar-refractivity contribution < 1.29 is 52.2 Å². The van der Waals surface area contributed by atoms with Crippen LogP contribution >= 0.6 is 7.82 Å². The first-order chi connectivity index (χ1) is 34.2. The van der Waals surface area contributed by atoms with Crippen LogP contribution in [0.4, 0.5) is 0 Å². The molecule has 400 valence electrons. The van der Waals surface area contributed by atoms with Crippen LogP contribution in [-0.4, -0.2) is 66.5 Å². The molecule has 0 spiro atoms. The van der Waals surface area contributed by atoms with E-state index in [0.717, 1.165) is 96.3 Å². The van der Waals surface area contributed by atoms with E-state index in [9.17, 15) is 28.9 Å². The maximum absolute atomic E-state index is 12.9. The van der Waals surface area contributed by atoms with E-state index in [0.29, 0.717) is 19.3 Å². The van der Waals surface area contributed by atoms with Crippen LogP contribution in [0.2, 0.25) is 0 Å². The van der Waals surface area contributed by atoms with Gasteiger partial charge in [0.25, 0.3) is 0 Å². The Morgan fingerprint density at radius 1 is 0.414 bits per heavy atom. The third kappa shape index (κ3) is 49.4. The SMILES string of the molecule is CC/C=C\C/C=C\C/C=C\C/C=C\CCCCC(=O)OCC(COP(=O)(O)OCC(CO)OC(=O)CCCCCCCCCCCCCCC)OC(=O)CCCC/C=C\C/C=C\C/C=C\C/C=C\CC. The molecule has 0 aliphatic heterocycles. The summed E-state index contributed by atoms with van der Waals surface area (Å²) < 4.78 is 39.3. The second-order valence-electron chi connectivity index (χ2n) is 17.6. The molecule has 11 nitrogen and oxygen atoms in total. The number of unbranched alkanes of at least 4 members (excludes halogenated alkanes) is 16. The summed E-state index contributed by atoms with van der Waals surface area (Å²) in [6, 6.07) is 0. The topological polar surface area (TPSA) is 155 Å². The van der Waals surface area contributed by atoms with Crippen LogP contribution in [-0.2, 0) is 42.2 Å². The van der Waals surface area contributed by atoms with E-state index in [4.69, 9.17) is 23.3 Å². The molecule has 0 aromatic carbocycles. The number of phosphoric ester groups is 1. The highest BCUT2D eigenvalue weighted by Gasteiger charge is 2.28. The highest BCUT2D eigenvalue weighted by atomic mass is 31.2. The number of carbonyl (C=O) groups is 3. The van der Waals surface area contributed by atoms with Gasteiger partial charge in [-0.15, -0.1) is 0 Å². The second kappa shape index (κ2) is 51.7. The van der Waals surface area contributed by atoms with Crippen molar-refractivity contribution in [3.63, 3.8) is 0 Å². The van der Waals surface area contributed by atoms with Crippen LogP contribution < -0.4 is 0 Å². The number of ether oxygens (including phenoxy) is 3. The molecule has 3 unspecified atom stereocenters. The first kappa shape index (κ1) is 66.4. The first-order valence-electron chi connectivity index (χ1n) is 27.1. The standard InChI is InChI=1S/C58H97O11P/c1-4-7-10-13-16-19-22-25-27-30-32-35-38-41-44-47-56(60)65-51-55(69-58(62)49-46-43-40-37-34-31-28-26-23-20-17-14-11-8-5-2)53-67-70(63,64)66-52-54(50-59)68-57(61)48-45-42-39-36-33-29-24-21-18-15-12-9-6-3/h7-8,10-11,16-17,19-20,25-28,32,34-35,37,54-55,59H,4-6,9,12-15,18,21-24,29-31,33,36,38-53H2,1-3H3,(H,63,64)/b10-7-,11-8-,19-16-,20-17-,27-25-,28-26-,35-32-,37-34-. The number of rotatable bonds is 49. The quantitative estimate of drug-likeness (QED) is 0.0197. The molecule has 3 atom stereocenters. The van der Waals surface area contributed by atoms with Crippen molar-refractivity contribution >= 4 is 25.7 Å². The highest BCUT2D eigenvalue weighted by Crippen LogP contribution is 2.43. The van der Waals surface area contributed by atoms with E-state index in [1.807, 2.05) is 0 Å². The Kier molecular flexibility index (Phi) is 49.1. The van der Waals surface area contributed by atoms with E-state index >= 15 is 0 Å². The fourth-order valence-corrected chi connectivity index (χ4v) is 7.71. The van der Waals surface area contributed by atoms with Crippen LogP contribution in [0.15, 0.2) is 97.2 Å². The van der Waals surface area contributed by atoms with Crippen LogP contribution in [0.1, 0.15) is 213 Å². The monoisotopic (exact) mass is 1000 g/mol. The molecule has 0 bridgehead atoms. The number of hydrogen-bond donors (Lipinski definition) is 2. The molecule has 12 heteroatoms. The van der Waals surface area contributed by atoms with Gasteiger partial charge in [0.2, 0.25) is 0 Å². The summed E-state index contributed by atoms with van der Waals surface area (Å²) in [4.78, 5) is 48.4. The maximum Gasteiger partial charge on any atom is 0.472 e. The average molecular weight is 1000 g/mol. The minimum Gasteiger partial charge on any atom is -0.462 e. The van der Waals surface area contributed by atoms with E-state index in [1.165, 1.54) is 57.8 Å². The minimum atomic E-state index is -4.77. The Morgan fingerprint density at radius 2 is 0.743 bits per heavy atom. The molecule has 0 aromatic rings. The zero-order valence-electron chi connectivity index (χ0n) is 43.9. The predicted octanol–water partition coefficient (Wildman–Crippen LogP) is 15.7. The van der Waals surface area contributed by atoms with Gasteiger partial charge in [-0.05, 0) is 96.3 Å². The summed E-state index contributed by atoms with van der Waals surface area (Å²) in [5, 5.41) is 9.79. The lowest BCUT2D eigenvalue weighted by Crippen LogP contribution is -2.30. The van der Waals surface area contributed by atoms with Crippen molar-refractivity contribution in [2.75, 3.05) is 26.4 Å². The number of esters is 3. The lowest BCUT2D eigenvalue weighted by molar-refractivity contribution is -0.161. The zero-order valence-corrected chi connectivity index (χ0v) is 44.8. The smallest absolute Gasteiger partial charge is 0.462 e. The first-order valence-corrected chi connectivity index (χ1v) is 28.6. The molecule has 0 fully saturated rings. The van der Waals surface area contributed by atoms with E-state index in [2.05, 4.69) is 118 Å². The van der Waals surface area contributed by atoms with Crippen molar-refractivity contribution in [1.29, 1.82) is 0 Å². The van der Waals surface area contributed by atoms with Crippen molar-refractivity contribution in [2.24, 2.45) is 0 Å². The van der Waals surface area contributed by atoms with Gasteiger partial charge in [-0.1, -0.05) is 195 Å². The number of carbonyl (C=O) groups excluding carboxylic acids is 3. The predicted molar refractivity (Wildman–Crippen MR) is 288 cm³/mol. The van der Waals surface area contributed by atoms with E-state index in [1.54, 1.807) is 0 Å². The van der Waals surface area contributed by atoms with Crippen LogP contribution in [0.25, 0.3) is 0 Å². The van der Waals surface area contributed by atoms with Crippen LogP contribution in [0, 0.1) is 0 Å². The van der Waals surface area contributed by atoms with Gasteiger partial charge in [0.05, 0.1) is 19.8 Å². The summed E-state index contributed by atoms with van der Waals surface area (Å²) >= 11 is 0. The summed E-state index contributed by atoms with van der Waals surface area (Å²) in [7, 11) is -4.77. The van der Waals surface area contributed by atoms with Gasteiger partial charge in [-0.3, -0.25) is 23.4 Å². The number of allylic oxidation sites excluding steroid dienone is 16. The van der Waals surface area contributed by atoms with Gasteiger partial charge in [0, 0.05) is 19.3 Å². The number of phosphoric acid groups is 1. The van der Waals surface area contributed by atoms with E-state index < -0.39 is 57.8 Å². The van der Waals surface area contributed by atoms with Gasteiger partial charge in [0.1, 0.15) is 12.7 Å². The fraction of sp³-hybridized carbons (Fsp3) is 0.672. The average Bonchev–Trinajstić information content (AvgIpc) is 3.35. The van der Waals surface area contributed by atoms with Crippen molar-refractivity contribution in [2.45, 2.75) is 226 Å². The van der Waals surface area contributed by atoms with Gasteiger partial charge >= 0.3 is 25.7 Å². The molecule has 0 amide bonds.